The maximum absolute atomic E-state index is 12.6. The van der Waals surface area contributed by atoms with E-state index in [9.17, 15) is 19.7 Å². The Hall–Kier alpha value is -3.62. The summed E-state index contributed by atoms with van der Waals surface area (Å²) in [6, 6.07) is 8.44. The number of nitrogens with one attached hydrogen (secondary N) is 1. The molecule has 0 spiro atoms. The van der Waals surface area contributed by atoms with Gasteiger partial charge in [-0.3, -0.25) is 14.9 Å². The lowest BCUT2D eigenvalue weighted by Crippen LogP contribution is -2.14. The Morgan fingerprint density at radius 2 is 1.59 bits per heavy atom. The van der Waals surface area contributed by atoms with Crippen LogP contribution in [0.5, 0.6) is 11.5 Å². The number of nitro benzene ring substituents is 1. The second-order valence-corrected chi connectivity index (χ2v) is 5.69. The third-order valence-corrected chi connectivity index (χ3v) is 3.76. The molecule has 1 N–H and O–H groups in total. The summed E-state index contributed by atoms with van der Waals surface area (Å²) in [4.78, 5) is 35.2. The molecule has 9 nitrogen and oxygen atoms in total. The van der Waals surface area contributed by atoms with E-state index in [1.807, 2.05) is 0 Å². The van der Waals surface area contributed by atoms with Crippen molar-refractivity contribution in [2.45, 2.75) is 20.8 Å². The molecule has 0 aliphatic carbocycles. The molecule has 0 heterocycles. The van der Waals surface area contributed by atoms with Gasteiger partial charge in [0.25, 0.3) is 5.91 Å². The highest BCUT2D eigenvalue weighted by Crippen LogP contribution is 2.30. The molecule has 0 atom stereocenters. The number of amides is 1. The zero-order valence-corrected chi connectivity index (χ0v) is 16.4. The first-order chi connectivity index (χ1) is 13.9. The highest BCUT2D eigenvalue weighted by Gasteiger charge is 2.20. The van der Waals surface area contributed by atoms with Gasteiger partial charge in [-0.15, -0.1) is 0 Å². The average Bonchev–Trinajstić information content (AvgIpc) is 2.70. The van der Waals surface area contributed by atoms with E-state index in [-0.39, 0.29) is 41.5 Å². The number of nitrogens with zero attached hydrogens (tertiary/aromatic N) is 1. The molecule has 154 valence electrons. The summed E-state index contributed by atoms with van der Waals surface area (Å²) in [5.41, 5.74) is 0.380. The normalized spacial score (nSPS) is 10.2. The number of anilines is 1. The highest BCUT2D eigenvalue weighted by atomic mass is 16.6. The molecule has 0 bridgehead atoms. The number of carbonyl (C=O) groups excluding carboxylic acids is 2. The summed E-state index contributed by atoms with van der Waals surface area (Å²) >= 11 is 0. The lowest BCUT2D eigenvalue weighted by molar-refractivity contribution is -0.385. The van der Waals surface area contributed by atoms with Gasteiger partial charge in [0.05, 0.1) is 36.0 Å². The van der Waals surface area contributed by atoms with E-state index in [0.29, 0.717) is 12.3 Å². The summed E-state index contributed by atoms with van der Waals surface area (Å²) in [7, 11) is 0. The second kappa shape index (κ2) is 10.1. The molecule has 2 aromatic carbocycles. The molecule has 1 amide bonds. The molecule has 0 saturated carbocycles. The minimum Gasteiger partial charge on any atom is -0.492 e. The lowest BCUT2D eigenvalue weighted by atomic mass is 10.1. The SMILES string of the molecule is CCOC(=O)c1ccc(NC(=O)c2ccc(OCC)c([N+](=O)[O-])c2)c(OCC)c1. The summed E-state index contributed by atoms with van der Waals surface area (Å²) < 4.78 is 15.7. The van der Waals surface area contributed by atoms with Crippen LogP contribution in [0.1, 0.15) is 41.5 Å². The number of ether oxygens (including phenoxy) is 3. The number of nitro groups is 1. The maximum Gasteiger partial charge on any atom is 0.338 e. The molecule has 0 aromatic heterocycles. The Morgan fingerprint density at radius 1 is 0.931 bits per heavy atom. The molecule has 0 saturated heterocycles. The van der Waals surface area contributed by atoms with Gasteiger partial charge in [-0.1, -0.05) is 0 Å². The van der Waals surface area contributed by atoms with Gasteiger partial charge >= 0.3 is 11.7 Å². The number of rotatable bonds is 9. The zero-order valence-electron chi connectivity index (χ0n) is 16.4. The first-order valence-corrected chi connectivity index (χ1v) is 9.07. The predicted molar refractivity (Wildman–Crippen MR) is 106 cm³/mol. The van der Waals surface area contributed by atoms with Crippen LogP contribution in [0.2, 0.25) is 0 Å². The van der Waals surface area contributed by atoms with Crippen molar-refractivity contribution in [2.24, 2.45) is 0 Å². The van der Waals surface area contributed by atoms with Crippen LogP contribution in [0, 0.1) is 10.1 Å². The number of hydrogen-bond acceptors (Lipinski definition) is 7. The van der Waals surface area contributed by atoms with Crippen molar-refractivity contribution < 1.29 is 28.7 Å². The quantitative estimate of drug-likeness (QED) is 0.385. The Labute approximate surface area is 167 Å². The Bertz CT molecular complexity index is 912. The van der Waals surface area contributed by atoms with Crippen molar-refractivity contribution in [3.8, 4) is 11.5 Å². The largest absolute Gasteiger partial charge is 0.492 e. The van der Waals surface area contributed by atoms with Gasteiger partial charge in [0.15, 0.2) is 5.75 Å². The van der Waals surface area contributed by atoms with Crippen LogP contribution in [0.25, 0.3) is 0 Å². The smallest absolute Gasteiger partial charge is 0.338 e. The van der Waals surface area contributed by atoms with Gasteiger partial charge in [-0.25, -0.2) is 4.79 Å². The molecule has 0 fully saturated rings. The molecule has 0 aliphatic rings. The Balaban J connectivity index is 2.30. The highest BCUT2D eigenvalue weighted by molar-refractivity contribution is 6.06. The van der Waals surface area contributed by atoms with Crippen molar-refractivity contribution in [1.82, 2.24) is 0 Å². The molecule has 2 aromatic rings. The fourth-order valence-corrected chi connectivity index (χ4v) is 2.52. The first kappa shape index (κ1) is 21.7. The van der Waals surface area contributed by atoms with Crippen LogP contribution < -0.4 is 14.8 Å². The predicted octanol–water partition coefficient (Wildman–Crippen LogP) is 3.82. The molecule has 0 aliphatic heterocycles. The topological polar surface area (TPSA) is 117 Å². The van der Waals surface area contributed by atoms with Gasteiger partial charge < -0.3 is 19.5 Å². The molecular formula is C20H22N2O7. The molecule has 0 radical (unpaired) electrons. The molecule has 2 rings (SSSR count). The van der Waals surface area contributed by atoms with Gasteiger partial charge in [-0.2, -0.15) is 0 Å². The van der Waals surface area contributed by atoms with Crippen LogP contribution in [-0.4, -0.2) is 36.6 Å². The fraction of sp³-hybridized carbons (Fsp3) is 0.300. The number of esters is 1. The minimum atomic E-state index is -0.610. The third-order valence-electron chi connectivity index (χ3n) is 3.76. The number of hydrogen-bond donors (Lipinski definition) is 1. The van der Waals surface area contributed by atoms with Gasteiger partial charge in [0.1, 0.15) is 5.75 Å². The van der Waals surface area contributed by atoms with Gasteiger partial charge in [0.2, 0.25) is 0 Å². The van der Waals surface area contributed by atoms with E-state index < -0.39 is 16.8 Å². The summed E-state index contributed by atoms with van der Waals surface area (Å²) in [5, 5.41) is 13.9. The van der Waals surface area contributed by atoms with Crippen LogP contribution in [0.15, 0.2) is 36.4 Å². The zero-order chi connectivity index (χ0) is 21.4. The van der Waals surface area contributed by atoms with Gasteiger partial charge in [-0.05, 0) is 51.1 Å². The van der Waals surface area contributed by atoms with E-state index in [1.165, 1.54) is 30.3 Å². The monoisotopic (exact) mass is 402 g/mol. The molecule has 0 unspecified atom stereocenters. The third kappa shape index (κ3) is 5.44. The van der Waals surface area contributed by atoms with Crippen molar-refractivity contribution in [3.63, 3.8) is 0 Å². The fourth-order valence-electron chi connectivity index (χ4n) is 2.52. The van der Waals surface area contributed by atoms with E-state index in [1.54, 1.807) is 20.8 Å². The summed E-state index contributed by atoms with van der Waals surface area (Å²) in [5.74, 6) is -0.705. The lowest BCUT2D eigenvalue weighted by Gasteiger charge is -2.13. The van der Waals surface area contributed by atoms with Crippen LogP contribution in [-0.2, 0) is 4.74 Å². The van der Waals surface area contributed by atoms with Crippen LogP contribution >= 0.6 is 0 Å². The standard InChI is InChI=1S/C20H22N2O7/c1-4-27-17-10-8-13(11-16(17)22(25)26)19(23)21-15-9-7-14(20(24)29-6-3)12-18(15)28-5-2/h7-12H,4-6H2,1-3H3,(H,21,23). The van der Waals surface area contributed by atoms with Crippen LogP contribution in [0.3, 0.4) is 0 Å². The maximum atomic E-state index is 12.6. The van der Waals surface area contributed by atoms with Crippen molar-refractivity contribution in [2.75, 3.05) is 25.1 Å². The van der Waals surface area contributed by atoms with Crippen LogP contribution in [0.4, 0.5) is 11.4 Å². The van der Waals surface area contributed by atoms with Crippen molar-refractivity contribution in [3.05, 3.63) is 57.6 Å². The number of carbonyl (C=O) groups is 2. The van der Waals surface area contributed by atoms with Crippen molar-refractivity contribution in [1.29, 1.82) is 0 Å². The van der Waals surface area contributed by atoms with Crippen molar-refractivity contribution >= 4 is 23.3 Å². The van der Waals surface area contributed by atoms with E-state index in [4.69, 9.17) is 14.2 Å². The van der Waals surface area contributed by atoms with E-state index in [2.05, 4.69) is 5.32 Å². The van der Waals surface area contributed by atoms with E-state index in [0.717, 1.165) is 6.07 Å². The van der Waals surface area contributed by atoms with Gasteiger partial charge in [0, 0.05) is 11.6 Å². The minimum absolute atomic E-state index is 0.0806. The van der Waals surface area contributed by atoms with E-state index >= 15 is 0 Å². The molecular weight excluding hydrogens is 380 g/mol. The molecule has 29 heavy (non-hydrogen) atoms. The Kier molecular flexibility index (Phi) is 7.53. The average molecular weight is 402 g/mol. The second-order valence-electron chi connectivity index (χ2n) is 5.69. The Morgan fingerprint density at radius 3 is 2.21 bits per heavy atom. The summed E-state index contributed by atoms with van der Waals surface area (Å²) in [6.07, 6.45) is 0. The summed E-state index contributed by atoms with van der Waals surface area (Å²) in [6.45, 7) is 5.97. The molecule has 9 heteroatoms. The number of benzene rings is 2. The first-order valence-electron chi connectivity index (χ1n) is 9.07.